The summed E-state index contributed by atoms with van der Waals surface area (Å²) in [6, 6.07) is 0. The quantitative estimate of drug-likeness (QED) is 0.502. The van der Waals surface area contributed by atoms with E-state index in [1.54, 1.807) is 11.1 Å². The number of nitrogens with zero attached hydrogens (tertiary/aromatic N) is 1. The van der Waals surface area contributed by atoms with Crippen LogP contribution in [0.4, 0.5) is 0 Å². The largest absolute Gasteiger partial charge is 0.299 e. The Balaban J connectivity index is 2.54. The van der Waals surface area contributed by atoms with Crippen molar-refractivity contribution in [1.29, 1.82) is 0 Å². The minimum absolute atomic E-state index is 1.20. The first-order valence-electron chi connectivity index (χ1n) is 4.11. The molecule has 1 nitrogen and oxygen atoms in total. The Hall–Kier alpha value is -0.300. The van der Waals surface area contributed by atoms with E-state index in [2.05, 4.69) is 25.7 Å². The lowest BCUT2D eigenvalue weighted by Crippen LogP contribution is -2.30. The van der Waals surface area contributed by atoms with Crippen LogP contribution in [0.1, 0.15) is 27.2 Å². The normalized spacial score (nSPS) is 21.9. The fourth-order valence-electron chi connectivity index (χ4n) is 1.36. The highest BCUT2D eigenvalue weighted by atomic mass is 15.1. The van der Waals surface area contributed by atoms with Gasteiger partial charge in [0.25, 0.3) is 0 Å². The molecule has 58 valence electrons. The number of hydrogen-bond donors (Lipinski definition) is 0. The van der Waals surface area contributed by atoms with Crippen molar-refractivity contribution in [3.05, 3.63) is 11.1 Å². The molecule has 0 saturated carbocycles. The summed E-state index contributed by atoms with van der Waals surface area (Å²) in [5.41, 5.74) is 3.18. The van der Waals surface area contributed by atoms with Crippen LogP contribution in [0.15, 0.2) is 11.1 Å². The van der Waals surface area contributed by atoms with Gasteiger partial charge in [0.15, 0.2) is 0 Å². The van der Waals surface area contributed by atoms with E-state index >= 15 is 0 Å². The second kappa shape index (κ2) is 3.20. The smallest absolute Gasteiger partial charge is 0.0192 e. The van der Waals surface area contributed by atoms with Crippen LogP contribution in [-0.4, -0.2) is 24.5 Å². The molecule has 1 aliphatic rings. The lowest BCUT2D eigenvalue weighted by atomic mass is 10.0. The second-order valence-electron chi connectivity index (χ2n) is 3.18. The van der Waals surface area contributed by atoms with Gasteiger partial charge in [-0.3, -0.25) is 4.90 Å². The molecule has 1 heterocycles. The second-order valence-corrected chi connectivity index (χ2v) is 3.18. The topological polar surface area (TPSA) is 3.24 Å². The van der Waals surface area contributed by atoms with Crippen molar-refractivity contribution < 1.29 is 0 Å². The molecule has 1 aliphatic heterocycles. The Kier molecular flexibility index (Phi) is 2.50. The summed E-state index contributed by atoms with van der Waals surface area (Å²) < 4.78 is 0. The molecule has 0 spiro atoms. The van der Waals surface area contributed by atoms with Gasteiger partial charge >= 0.3 is 0 Å². The maximum atomic E-state index is 2.49. The Morgan fingerprint density at radius 2 is 2.00 bits per heavy atom. The van der Waals surface area contributed by atoms with E-state index in [1.807, 2.05) is 0 Å². The number of hydrogen-bond acceptors (Lipinski definition) is 1. The first-order valence-corrected chi connectivity index (χ1v) is 4.11. The Morgan fingerprint density at radius 3 is 2.50 bits per heavy atom. The maximum Gasteiger partial charge on any atom is 0.0192 e. The average molecular weight is 139 g/mol. The highest BCUT2D eigenvalue weighted by molar-refractivity contribution is 5.14. The Morgan fingerprint density at radius 1 is 1.30 bits per heavy atom. The van der Waals surface area contributed by atoms with Crippen molar-refractivity contribution in [3.8, 4) is 0 Å². The van der Waals surface area contributed by atoms with Crippen molar-refractivity contribution in [2.24, 2.45) is 0 Å². The van der Waals surface area contributed by atoms with Crippen LogP contribution in [0, 0.1) is 0 Å². The predicted octanol–water partition coefficient (Wildman–Crippen LogP) is 2.05. The van der Waals surface area contributed by atoms with Crippen LogP contribution in [0.5, 0.6) is 0 Å². The summed E-state index contributed by atoms with van der Waals surface area (Å²) in [6.07, 6.45) is 1.28. The van der Waals surface area contributed by atoms with E-state index in [-0.39, 0.29) is 0 Å². The molecule has 0 fully saturated rings. The third-order valence-electron chi connectivity index (χ3n) is 2.44. The van der Waals surface area contributed by atoms with Crippen LogP contribution in [0.2, 0.25) is 0 Å². The van der Waals surface area contributed by atoms with Crippen molar-refractivity contribution in [1.82, 2.24) is 4.90 Å². The summed E-state index contributed by atoms with van der Waals surface area (Å²) in [5.74, 6) is 0. The van der Waals surface area contributed by atoms with Crippen LogP contribution in [0.25, 0.3) is 0 Å². The van der Waals surface area contributed by atoms with E-state index in [9.17, 15) is 0 Å². The van der Waals surface area contributed by atoms with Gasteiger partial charge < -0.3 is 0 Å². The first kappa shape index (κ1) is 7.80. The maximum absolute atomic E-state index is 2.49. The summed E-state index contributed by atoms with van der Waals surface area (Å²) in [6.45, 7) is 10.4. The van der Waals surface area contributed by atoms with Crippen LogP contribution in [-0.2, 0) is 0 Å². The molecule has 1 heteroatoms. The number of likely N-dealkylation sites (N-methyl/N-ethyl adjacent to an activating group) is 1. The predicted molar refractivity (Wildman–Crippen MR) is 45.1 cm³/mol. The minimum Gasteiger partial charge on any atom is -0.299 e. The Bertz CT molecular complexity index is 147. The SMILES string of the molecule is CCN1CCC(C)=C(C)C1. The van der Waals surface area contributed by atoms with Crippen LogP contribution in [0.3, 0.4) is 0 Å². The average Bonchev–Trinajstić information content (AvgIpc) is 1.95. The molecule has 0 saturated heterocycles. The molecule has 0 amide bonds. The molecular weight excluding hydrogens is 122 g/mol. The van der Waals surface area contributed by atoms with Crippen molar-refractivity contribution in [2.75, 3.05) is 19.6 Å². The Labute approximate surface area is 63.7 Å². The highest BCUT2D eigenvalue weighted by Gasteiger charge is 2.10. The van der Waals surface area contributed by atoms with Crippen LogP contribution >= 0.6 is 0 Å². The molecule has 0 aromatic rings. The lowest BCUT2D eigenvalue weighted by molar-refractivity contribution is 0.300. The van der Waals surface area contributed by atoms with Gasteiger partial charge in [-0.05, 0) is 26.8 Å². The van der Waals surface area contributed by atoms with E-state index in [4.69, 9.17) is 0 Å². The molecule has 0 radical (unpaired) electrons. The van der Waals surface area contributed by atoms with Gasteiger partial charge in [-0.2, -0.15) is 0 Å². The molecule has 10 heavy (non-hydrogen) atoms. The fourth-order valence-corrected chi connectivity index (χ4v) is 1.36. The third-order valence-corrected chi connectivity index (χ3v) is 2.44. The molecular formula is C9H17N. The summed E-state index contributed by atoms with van der Waals surface area (Å²) in [7, 11) is 0. The standard InChI is InChI=1S/C9H17N/c1-4-10-6-5-8(2)9(3)7-10/h4-7H2,1-3H3. The number of rotatable bonds is 1. The van der Waals surface area contributed by atoms with E-state index in [0.29, 0.717) is 0 Å². The molecule has 0 atom stereocenters. The van der Waals surface area contributed by atoms with Crippen molar-refractivity contribution >= 4 is 0 Å². The highest BCUT2D eigenvalue weighted by Crippen LogP contribution is 2.15. The fraction of sp³-hybridized carbons (Fsp3) is 0.778. The van der Waals surface area contributed by atoms with Gasteiger partial charge in [0.2, 0.25) is 0 Å². The summed E-state index contributed by atoms with van der Waals surface area (Å²) in [4.78, 5) is 2.49. The van der Waals surface area contributed by atoms with Crippen LogP contribution < -0.4 is 0 Å². The summed E-state index contributed by atoms with van der Waals surface area (Å²) >= 11 is 0. The molecule has 0 bridgehead atoms. The van der Waals surface area contributed by atoms with E-state index in [1.165, 1.54) is 26.1 Å². The molecule has 0 aliphatic carbocycles. The lowest BCUT2D eigenvalue weighted by Gasteiger charge is -2.26. The molecule has 0 unspecified atom stereocenters. The zero-order valence-corrected chi connectivity index (χ0v) is 7.28. The van der Waals surface area contributed by atoms with E-state index in [0.717, 1.165) is 0 Å². The van der Waals surface area contributed by atoms with E-state index < -0.39 is 0 Å². The van der Waals surface area contributed by atoms with Gasteiger partial charge in [0.1, 0.15) is 0 Å². The molecule has 0 N–H and O–H groups in total. The first-order chi connectivity index (χ1) is 4.74. The minimum atomic E-state index is 1.20. The van der Waals surface area contributed by atoms with Crippen molar-refractivity contribution in [3.63, 3.8) is 0 Å². The third kappa shape index (κ3) is 1.60. The molecule has 0 aromatic heterocycles. The zero-order valence-electron chi connectivity index (χ0n) is 7.28. The zero-order chi connectivity index (χ0) is 7.56. The van der Waals surface area contributed by atoms with Gasteiger partial charge in [-0.25, -0.2) is 0 Å². The van der Waals surface area contributed by atoms with Gasteiger partial charge in [0, 0.05) is 13.1 Å². The molecule has 0 aromatic carbocycles. The van der Waals surface area contributed by atoms with Gasteiger partial charge in [-0.15, -0.1) is 0 Å². The van der Waals surface area contributed by atoms with Gasteiger partial charge in [-0.1, -0.05) is 18.1 Å². The summed E-state index contributed by atoms with van der Waals surface area (Å²) in [5, 5.41) is 0. The van der Waals surface area contributed by atoms with Crippen molar-refractivity contribution in [2.45, 2.75) is 27.2 Å². The monoisotopic (exact) mass is 139 g/mol. The van der Waals surface area contributed by atoms with Gasteiger partial charge in [0.05, 0.1) is 0 Å². The molecule has 1 rings (SSSR count).